The van der Waals surface area contributed by atoms with Gasteiger partial charge < -0.3 is 15.0 Å². The first-order valence-corrected chi connectivity index (χ1v) is 12.7. The van der Waals surface area contributed by atoms with Crippen molar-refractivity contribution in [1.82, 2.24) is 14.9 Å². The number of likely N-dealkylation sites (tertiary alicyclic amines) is 1. The number of sulfonamides is 1. The predicted molar refractivity (Wildman–Crippen MR) is 119 cm³/mol. The molecule has 1 aromatic carbocycles. The Kier molecular flexibility index (Phi) is 8.07. The number of amides is 2. The maximum atomic E-state index is 14.1. The second-order valence-corrected chi connectivity index (χ2v) is 9.95. The molecule has 31 heavy (non-hydrogen) atoms. The van der Waals surface area contributed by atoms with Crippen molar-refractivity contribution in [3.63, 3.8) is 0 Å². The number of hydrogen-bond donors (Lipinski definition) is 2. The summed E-state index contributed by atoms with van der Waals surface area (Å²) in [7, 11) is -3.41. The molecule has 1 aromatic rings. The van der Waals surface area contributed by atoms with E-state index in [0.29, 0.717) is 37.9 Å². The fourth-order valence-electron chi connectivity index (χ4n) is 4.34. The minimum absolute atomic E-state index is 0.0487. The molecule has 9 heteroatoms. The lowest BCUT2D eigenvalue weighted by atomic mass is 9.91. The Labute approximate surface area is 184 Å². The van der Waals surface area contributed by atoms with Crippen LogP contribution in [0.15, 0.2) is 30.3 Å². The van der Waals surface area contributed by atoms with Gasteiger partial charge in [-0.05, 0) is 50.7 Å². The highest BCUT2D eigenvalue weighted by Crippen LogP contribution is 2.30. The molecule has 7 nitrogen and oxygen atoms in total. The summed E-state index contributed by atoms with van der Waals surface area (Å²) in [6, 6.07) is 5.78. The molecule has 0 bridgehead atoms. The summed E-state index contributed by atoms with van der Waals surface area (Å²) in [6.45, 7) is 3.15. The highest BCUT2D eigenvalue weighted by Gasteiger charge is 2.36. The van der Waals surface area contributed by atoms with E-state index < -0.39 is 10.0 Å². The Hall–Kier alpha value is -1.97. The molecule has 1 saturated heterocycles. The number of ether oxygens (including phenoxy) is 1. The van der Waals surface area contributed by atoms with Gasteiger partial charge in [0.05, 0.1) is 25.0 Å². The van der Waals surface area contributed by atoms with Crippen LogP contribution >= 0.6 is 0 Å². The van der Waals surface area contributed by atoms with Gasteiger partial charge in [0.2, 0.25) is 10.0 Å². The fraction of sp³-hybridized carbons (Fsp3) is 0.591. The SMILES string of the molecule is CCNC(=O)N1CCCC(NS(C)(=O)=O)C1COC1CC=C(c2ccccc2F)CC1. The minimum Gasteiger partial charge on any atom is -0.376 e. The molecule has 0 radical (unpaired) electrons. The molecule has 1 aliphatic heterocycles. The van der Waals surface area contributed by atoms with Crippen molar-refractivity contribution in [3.05, 3.63) is 41.7 Å². The normalized spacial score (nSPS) is 24.5. The first-order valence-electron chi connectivity index (χ1n) is 10.9. The Balaban J connectivity index is 1.66. The summed E-state index contributed by atoms with van der Waals surface area (Å²) in [6.07, 6.45) is 6.58. The van der Waals surface area contributed by atoms with E-state index in [2.05, 4.69) is 10.0 Å². The Morgan fingerprint density at radius 1 is 1.29 bits per heavy atom. The Morgan fingerprint density at radius 2 is 2.06 bits per heavy atom. The van der Waals surface area contributed by atoms with Crippen LogP contribution in [0.4, 0.5) is 9.18 Å². The molecule has 1 aliphatic carbocycles. The molecule has 0 saturated carbocycles. The number of allylic oxidation sites excluding steroid dienone is 1. The second-order valence-electron chi connectivity index (χ2n) is 8.17. The molecular weight excluding hydrogens is 421 g/mol. The van der Waals surface area contributed by atoms with Crippen LogP contribution in [-0.2, 0) is 14.8 Å². The van der Waals surface area contributed by atoms with Crippen LogP contribution in [0.3, 0.4) is 0 Å². The number of halogens is 1. The average molecular weight is 454 g/mol. The summed E-state index contributed by atoms with van der Waals surface area (Å²) in [5, 5.41) is 2.81. The lowest BCUT2D eigenvalue weighted by Crippen LogP contribution is -2.60. The number of benzene rings is 1. The zero-order valence-electron chi connectivity index (χ0n) is 18.1. The summed E-state index contributed by atoms with van der Waals surface area (Å²) < 4.78 is 46.6. The van der Waals surface area contributed by atoms with Crippen LogP contribution in [0.2, 0.25) is 0 Å². The molecule has 2 amide bonds. The van der Waals surface area contributed by atoms with Crippen LogP contribution in [0.25, 0.3) is 5.57 Å². The summed E-state index contributed by atoms with van der Waals surface area (Å²) in [5.74, 6) is -0.220. The maximum absolute atomic E-state index is 14.1. The van der Waals surface area contributed by atoms with Crippen LogP contribution in [0.1, 0.15) is 44.6 Å². The third-order valence-corrected chi connectivity index (χ3v) is 6.55. The average Bonchev–Trinajstić information content (AvgIpc) is 2.72. The fourth-order valence-corrected chi connectivity index (χ4v) is 5.17. The van der Waals surface area contributed by atoms with Crippen molar-refractivity contribution in [2.75, 3.05) is 26.0 Å². The van der Waals surface area contributed by atoms with Crippen LogP contribution < -0.4 is 10.0 Å². The minimum atomic E-state index is -3.41. The molecule has 3 rings (SSSR count). The van der Waals surface area contributed by atoms with Gasteiger partial charge in [-0.15, -0.1) is 0 Å². The number of piperidine rings is 1. The third-order valence-electron chi connectivity index (χ3n) is 5.82. The standard InChI is InChI=1S/C22H32FN3O4S/c1-3-24-22(27)26-14-6-9-20(25-31(2,28)29)21(26)15-30-17-12-10-16(11-13-17)18-7-4-5-8-19(18)23/h4-5,7-8,10,17,20-21,25H,3,6,9,11-15H2,1-2H3,(H,24,27). The lowest BCUT2D eigenvalue weighted by molar-refractivity contribution is -0.00306. The lowest BCUT2D eigenvalue weighted by Gasteiger charge is -2.41. The number of nitrogens with zero attached hydrogens (tertiary/aromatic N) is 1. The highest BCUT2D eigenvalue weighted by molar-refractivity contribution is 7.88. The first-order chi connectivity index (χ1) is 14.8. The van der Waals surface area contributed by atoms with Crippen LogP contribution in [-0.4, -0.2) is 63.5 Å². The molecule has 1 heterocycles. The predicted octanol–water partition coefficient (Wildman–Crippen LogP) is 2.89. The van der Waals surface area contributed by atoms with Gasteiger partial charge in [-0.3, -0.25) is 0 Å². The molecule has 3 unspecified atom stereocenters. The van der Waals surface area contributed by atoms with Crippen molar-refractivity contribution in [2.24, 2.45) is 0 Å². The zero-order valence-corrected chi connectivity index (χ0v) is 19.0. The number of carbonyl (C=O) groups excluding carboxylic acids is 1. The van der Waals surface area contributed by atoms with Crippen molar-refractivity contribution in [2.45, 2.75) is 57.2 Å². The Bertz CT molecular complexity index is 906. The molecule has 2 aliphatic rings. The summed E-state index contributed by atoms with van der Waals surface area (Å²) in [5.41, 5.74) is 1.62. The quantitative estimate of drug-likeness (QED) is 0.665. The van der Waals surface area contributed by atoms with Crippen molar-refractivity contribution < 1.29 is 22.3 Å². The van der Waals surface area contributed by atoms with Crippen molar-refractivity contribution in [1.29, 1.82) is 0 Å². The van der Waals surface area contributed by atoms with Crippen molar-refractivity contribution in [3.8, 4) is 0 Å². The number of nitrogens with one attached hydrogen (secondary N) is 2. The van der Waals surface area contributed by atoms with E-state index in [4.69, 9.17) is 4.74 Å². The van der Waals surface area contributed by atoms with E-state index in [9.17, 15) is 17.6 Å². The summed E-state index contributed by atoms with van der Waals surface area (Å²) in [4.78, 5) is 14.2. The van der Waals surface area contributed by atoms with E-state index in [1.165, 1.54) is 6.07 Å². The van der Waals surface area contributed by atoms with Crippen LogP contribution in [0.5, 0.6) is 0 Å². The van der Waals surface area contributed by atoms with Gasteiger partial charge >= 0.3 is 6.03 Å². The number of rotatable bonds is 7. The number of urea groups is 1. The van der Waals surface area contributed by atoms with Crippen molar-refractivity contribution >= 4 is 21.6 Å². The molecular formula is C22H32FN3O4S. The Morgan fingerprint density at radius 3 is 2.71 bits per heavy atom. The molecule has 172 valence electrons. The van der Waals surface area contributed by atoms with E-state index in [0.717, 1.165) is 24.7 Å². The maximum Gasteiger partial charge on any atom is 0.317 e. The monoisotopic (exact) mass is 453 g/mol. The number of hydrogen-bond acceptors (Lipinski definition) is 4. The van der Waals surface area contributed by atoms with E-state index in [-0.39, 0.29) is 36.6 Å². The van der Waals surface area contributed by atoms with Gasteiger partial charge in [0.1, 0.15) is 5.82 Å². The van der Waals surface area contributed by atoms with Gasteiger partial charge in [0, 0.05) is 24.7 Å². The van der Waals surface area contributed by atoms with E-state index in [1.54, 1.807) is 17.0 Å². The summed E-state index contributed by atoms with van der Waals surface area (Å²) >= 11 is 0. The molecule has 0 spiro atoms. The molecule has 2 N–H and O–H groups in total. The van der Waals surface area contributed by atoms with Gasteiger partial charge in [0.15, 0.2) is 0 Å². The zero-order chi connectivity index (χ0) is 22.4. The largest absolute Gasteiger partial charge is 0.376 e. The number of carbonyl (C=O) groups is 1. The molecule has 1 fully saturated rings. The smallest absolute Gasteiger partial charge is 0.317 e. The van der Waals surface area contributed by atoms with Gasteiger partial charge in [-0.2, -0.15) is 0 Å². The highest BCUT2D eigenvalue weighted by atomic mass is 32.2. The van der Waals surface area contributed by atoms with Crippen LogP contribution in [0, 0.1) is 5.82 Å². The molecule has 0 aromatic heterocycles. The van der Waals surface area contributed by atoms with Gasteiger partial charge in [0.25, 0.3) is 0 Å². The first kappa shape index (κ1) is 23.7. The molecule has 3 atom stereocenters. The van der Waals surface area contributed by atoms with Gasteiger partial charge in [-0.25, -0.2) is 22.3 Å². The second kappa shape index (κ2) is 10.6. The van der Waals surface area contributed by atoms with E-state index >= 15 is 0 Å². The van der Waals surface area contributed by atoms with E-state index in [1.807, 2.05) is 19.1 Å². The third kappa shape index (κ3) is 6.51. The topological polar surface area (TPSA) is 87.7 Å². The van der Waals surface area contributed by atoms with Gasteiger partial charge in [-0.1, -0.05) is 24.3 Å².